The summed E-state index contributed by atoms with van der Waals surface area (Å²) in [5.41, 5.74) is 0.988. The third-order valence-electron chi connectivity index (χ3n) is 11.2. The molecule has 0 atom stereocenters. The number of ether oxygens (including phenoxy) is 2. The Balaban J connectivity index is 0.000000427. The molecule has 4 aromatic carbocycles. The molecule has 0 fully saturated rings. The van der Waals surface area contributed by atoms with Crippen molar-refractivity contribution in [3.63, 3.8) is 0 Å². The Morgan fingerprint density at radius 2 is 0.635 bits per heavy atom. The summed E-state index contributed by atoms with van der Waals surface area (Å²) in [4.78, 5) is -0.326. The number of hydrogen-bond donors (Lipinski definition) is 0. The van der Waals surface area contributed by atoms with Crippen molar-refractivity contribution in [2.24, 2.45) is 0 Å². The molecule has 0 aliphatic carbocycles. The Bertz CT molecular complexity index is 1850. The normalized spacial score (nSPS) is 11.4. The first kappa shape index (κ1) is 56.7. The molecule has 0 aliphatic heterocycles. The van der Waals surface area contributed by atoms with Gasteiger partial charge in [-0.25, -0.2) is 16.8 Å². The van der Waals surface area contributed by atoms with E-state index in [9.17, 15) is 25.9 Å². The van der Waals surface area contributed by atoms with Gasteiger partial charge in [-0.15, -0.1) is 0 Å². The molecular weight excluding hydrogens is 857 g/mol. The fourth-order valence-corrected chi connectivity index (χ4v) is 9.26. The van der Waals surface area contributed by atoms with Crippen LogP contribution < -0.4 is 9.47 Å². The van der Waals surface area contributed by atoms with E-state index in [4.69, 9.17) is 9.47 Å². The zero-order valence-corrected chi connectivity index (χ0v) is 42.3. The fourth-order valence-electron chi connectivity index (χ4n) is 7.76. The minimum absolute atomic E-state index is 0. The molecule has 0 saturated heterocycles. The zero-order valence-electron chi connectivity index (χ0n) is 38.4. The van der Waals surface area contributed by atoms with Crippen LogP contribution >= 0.6 is 0 Å². The molecule has 0 unspecified atom stereocenters. The Hall–Kier alpha value is -2.44. The number of hydrogen-bond acceptors (Lipinski definition) is 8. The van der Waals surface area contributed by atoms with E-state index in [0.29, 0.717) is 47.0 Å². The van der Waals surface area contributed by atoms with E-state index in [0.717, 1.165) is 38.5 Å². The van der Waals surface area contributed by atoms with Gasteiger partial charge in [-0.05, 0) is 74.2 Å². The molecule has 0 N–H and O–H groups in total. The van der Waals surface area contributed by atoms with Crippen LogP contribution in [0.2, 0.25) is 0 Å². The molecule has 8 nitrogen and oxygen atoms in total. The van der Waals surface area contributed by atoms with Gasteiger partial charge in [0.25, 0.3) is 0 Å². The number of para-hydroxylation sites is 2. The van der Waals surface area contributed by atoms with Gasteiger partial charge in [-0.2, -0.15) is 0 Å². The second kappa shape index (κ2) is 34.0. The van der Waals surface area contributed by atoms with Crippen LogP contribution in [0.4, 0.5) is 0 Å². The van der Waals surface area contributed by atoms with Crippen LogP contribution in [-0.2, 0) is 33.1 Å². The Labute approximate surface area is 411 Å². The Kier molecular flexibility index (Phi) is 30.6. The van der Waals surface area contributed by atoms with Gasteiger partial charge in [0.1, 0.15) is 43.2 Å². The molecule has 0 spiro atoms. The third-order valence-corrected chi connectivity index (χ3v) is 13.1. The minimum Gasteiger partial charge on any atom is -0.744 e. The smallest absolute Gasteiger partial charge is 0.744 e. The predicted octanol–water partition coefficient (Wildman–Crippen LogP) is 14.9. The van der Waals surface area contributed by atoms with Crippen molar-refractivity contribution in [1.82, 2.24) is 0 Å². The molecule has 0 bridgehead atoms. The quantitative estimate of drug-likeness (QED) is 0.0269. The van der Waals surface area contributed by atoms with E-state index in [1.54, 1.807) is 24.3 Å². The van der Waals surface area contributed by atoms with Gasteiger partial charge >= 0.3 is 37.7 Å². The van der Waals surface area contributed by atoms with Crippen molar-refractivity contribution in [3.05, 3.63) is 108 Å². The largest absolute Gasteiger partial charge is 2.00 e. The van der Waals surface area contributed by atoms with Gasteiger partial charge in [0.15, 0.2) is 0 Å². The zero-order chi connectivity index (χ0) is 44.7. The molecule has 0 aromatic heterocycles. The molecule has 0 amide bonds. The van der Waals surface area contributed by atoms with E-state index >= 15 is 0 Å². The van der Waals surface area contributed by atoms with Gasteiger partial charge in [0, 0.05) is 11.1 Å². The molecule has 0 saturated carbocycles. The summed E-state index contributed by atoms with van der Waals surface area (Å²) in [7, 11) is -9.09. The summed E-state index contributed by atoms with van der Waals surface area (Å²) in [5.74, 6) is 2.15. The Morgan fingerprint density at radius 1 is 0.365 bits per heavy atom. The second-order valence-electron chi connectivity index (χ2n) is 16.5. The van der Waals surface area contributed by atoms with Crippen LogP contribution in [-0.4, -0.2) is 63.7 Å². The van der Waals surface area contributed by atoms with Crippen molar-refractivity contribution in [2.75, 3.05) is 0 Å². The molecular formula is C52H74CaO8S2. The maximum absolute atomic E-state index is 11.8. The monoisotopic (exact) mass is 930 g/mol. The van der Waals surface area contributed by atoms with E-state index in [-0.39, 0.29) is 47.5 Å². The van der Waals surface area contributed by atoms with E-state index < -0.39 is 20.2 Å². The molecule has 11 heteroatoms. The van der Waals surface area contributed by atoms with Crippen LogP contribution in [0.25, 0.3) is 0 Å². The molecule has 4 aromatic rings. The van der Waals surface area contributed by atoms with Crippen molar-refractivity contribution >= 4 is 58.0 Å². The third kappa shape index (κ3) is 24.6. The van der Waals surface area contributed by atoms with Crippen molar-refractivity contribution in [3.8, 4) is 23.0 Å². The average molecular weight is 931 g/mol. The van der Waals surface area contributed by atoms with Gasteiger partial charge in [-0.3, -0.25) is 0 Å². The molecule has 4 rings (SSSR count). The maximum atomic E-state index is 11.8. The molecule has 63 heavy (non-hydrogen) atoms. The second-order valence-corrected chi connectivity index (χ2v) is 19.2. The summed E-state index contributed by atoms with van der Waals surface area (Å²) < 4.78 is 82.4. The van der Waals surface area contributed by atoms with Gasteiger partial charge in [-0.1, -0.05) is 204 Å². The summed E-state index contributed by atoms with van der Waals surface area (Å²) in [6.07, 6.45) is 30.8. The standard InChI is InChI=1S/2C26H38O4S.Ca/c2*1-2-3-4-5-6-7-8-9-10-11-12-16-20-24-25(30-23-18-14-13-15-19-23)21-17-22-26(24)31(27,28)29;/h2*13-15,17-19,21-22H,2-12,16,20H2,1H3,(H,27,28,29);/q;;+2/p-2. The van der Waals surface area contributed by atoms with Gasteiger partial charge in [0.05, 0.1) is 9.79 Å². The maximum Gasteiger partial charge on any atom is 2.00 e. The van der Waals surface area contributed by atoms with Gasteiger partial charge < -0.3 is 18.6 Å². The van der Waals surface area contributed by atoms with Crippen LogP contribution in [0, 0.1) is 0 Å². The summed E-state index contributed by atoms with van der Waals surface area (Å²) in [6.45, 7) is 4.49. The van der Waals surface area contributed by atoms with Crippen LogP contribution in [0.3, 0.4) is 0 Å². The first-order valence-electron chi connectivity index (χ1n) is 23.7. The van der Waals surface area contributed by atoms with Crippen molar-refractivity contribution < 1.29 is 35.4 Å². The first-order valence-corrected chi connectivity index (χ1v) is 26.5. The predicted molar refractivity (Wildman–Crippen MR) is 257 cm³/mol. The van der Waals surface area contributed by atoms with Crippen molar-refractivity contribution in [2.45, 2.75) is 191 Å². The molecule has 0 radical (unpaired) electrons. The molecule has 0 heterocycles. The fraction of sp³-hybridized carbons (Fsp3) is 0.538. The number of benzene rings is 4. The number of unbranched alkanes of at least 4 members (excludes halogenated alkanes) is 22. The summed E-state index contributed by atoms with van der Waals surface area (Å²) in [6, 6.07) is 27.8. The molecule has 344 valence electrons. The van der Waals surface area contributed by atoms with Crippen LogP contribution in [0.1, 0.15) is 179 Å². The van der Waals surface area contributed by atoms with Crippen LogP contribution in [0.15, 0.2) is 107 Å². The molecule has 0 aliphatic rings. The van der Waals surface area contributed by atoms with E-state index in [1.165, 1.54) is 128 Å². The van der Waals surface area contributed by atoms with Crippen molar-refractivity contribution in [1.29, 1.82) is 0 Å². The number of rotatable bonds is 32. The Morgan fingerprint density at radius 3 is 0.905 bits per heavy atom. The van der Waals surface area contributed by atoms with Gasteiger partial charge in [0.2, 0.25) is 0 Å². The summed E-state index contributed by atoms with van der Waals surface area (Å²) in [5, 5.41) is 0. The average Bonchev–Trinajstić information content (AvgIpc) is 3.25. The summed E-state index contributed by atoms with van der Waals surface area (Å²) >= 11 is 0. The topological polar surface area (TPSA) is 133 Å². The van der Waals surface area contributed by atoms with E-state index in [1.807, 2.05) is 60.7 Å². The first-order chi connectivity index (χ1) is 30.0. The SMILES string of the molecule is CCCCCCCCCCCCCCc1c(Oc2ccccc2)cccc1S(=O)(=O)[O-].CCCCCCCCCCCCCCc1c(Oc2ccccc2)cccc1S(=O)(=O)[O-].[Ca+2]. The minimum atomic E-state index is -4.54. The van der Waals surface area contributed by atoms with Crippen LogP contribution in [0.5, 0.6) is 23.0 Å². The van der Waals surface area contributed by atoms with E-state index in [2.05, 4.69) is 13.8 Å².